The zero-order chi connectivity index (χ0) is 24.4. The molecule has 1 aliphatic heterocycles. The van der Waals surface area contributed by atoms with Crippen LogP contribution in [0, 0.1) is 12.7 Å². The molecule has 5 rings (SSSR count). The Hall–Kier alpha value is -3.33. The van der Waals surface area contributed by atoms with Gasteiger partial charge in [-0.2, -0.15) is 5.10 Å². The van der Waals surface area contributed by atoms with E-state index < -0.39 is 0 Å². The summed E-state index contributed by atoms with van der Waals surface area (Å²) in [6, 6.07) is 10.3. The van der Waals surface area contributed by atoms with Gasteiger partial charge in [0.1, 0.15) is 17.5 Å². The van der Waals surface area contributed by atoms with Crippen molar-refractivity contribution in [3.63, 3.8) is 0 Å². The monoisotopic (exact) mass is 492 g/mol. The largest absolute Gasteiger partial charge is 0.352 e. The minimum absolute atomic E-state index is 0.170. The van der Waals surface area contributed by atoms with Gasteiger partial charge in [0.05, 0.1) is 23.2 Å². The number of benzene rings is 1. The van der Waals surface area contributed by atoms with E-state index in [0.29, 0.717) is 32.6 Å². The first-order valence-electron chi connectivity index (χ1n) is 12.1. The van der Waals surface area contributed by atoms with Crippen molar-refractivity contribution >= 4 is 34.1 Å². The highest BCUT2D eigenvalue weighted by molar-refractivity contribution is 7.10. The Morgan fingerprint density at radius 2 is 1.86 bits per heavy atom. The smallest absolute Gasteiger partial charge is 0.227 e. The predicted octanol–water partition coefficient (Wildman–Crippen LogP) is 4.56. The number of aryl methyl sites for hydroxylation is 2. The molecule has 1 aliphatic rings. The lowest BCUT2D eigenvalue weighted by Gasteiger charge is -2.35. The van der Waals surface area contributed by atoms with Gasteiger partial charge < -0.3 is 9.80 Å². The Kier molecular flexibility index (Phi) is 6.77. The molecule has 0 aliphatic carbocycles. The highest BCUT2D eigenvalue weighted by Gasteiger charge is 2.26. The fourth-order valence-corrected chi connectivity index (χ4v) is 5.18. The van der Waals surface area contributed by atoms with Crippen LogP contribution in [0.25, 0.3) is 16.7 Å². The van der Waals surface area contributed by atoms with Crippen molar-refractivity contribution in [1.82, 2.24) is 24.6 Å². The molecular formula is C26H29FN6OS. The van der Waals surface area contributed by atoms with Crippen LogP contribution in [0.1, 0.15) is 36.2 Å². The number of aromatic nitrogens is 4. The van der Waals surface area contributed by atoms with E-state index in [-0.39, 0.29) is 11.7 Å². The molecule has 0 atom stereocenters. The molecule has 9 heteroatoms. The van der Waals surface area contributed by atoms with Gasteiger partial charge >= 0.3 is 0 Å². The summed E-state index contributed by atoms with van der Waals surface area (Å²) in [6.45, 7) is 6.84. The SMILES string of the molecule is CCCCc1nc(N2CCN(C(=O)Cc3cccs3)CC2)c2c(C)nn(-c3ccc(F)cc3)c2n1. The molecule has 4 heterocycles. The van der Waals surface area contributed by atoms with Crippen molar-refractivity contribution in [2.24, 2.45) is 0 Å². The van der Waals surface area contributed by atoms with Gasteiger partial charge in [0.25, 0.3) is 0 Å². The number of hydrogen-bond donors (Lipinski definition) is 0. The van der Waals surface area contributed by atoms with Crippen LogP contribution in [0.3, 0.4) is 0 Å². The summed E-state index contributed by atoms with van der Waals surface area (Å²) >= 11 is 1.62. The molecule has 1 amide bonds. The summed E-state index contributed by atoms with van der Waals surface area (Å²) in [5.74, 6) is 1.54. The van der Waals surface area contributed by atoms with Gasteiger partial charge in [-0.15, -0.1) is 11.3 Å². The van der Waals surface area contributed by atoms with E-state index in [1.165, 1.54) is 12.1 Å². The summed E-state index contributed by atoms with van der Waals surface area (Å²) in [7, 11) is 0. The maximum Gasteiger partial charge on any atom is 0.227 e. The summed E-state index contributed by atoms with van der Waals surface area (Å²) < 4.78 is 15.3. The van der Waals surface area contributed by atoms with E-state index in [2.05, 4.69) is 11.8 Å². The van der Waals surface area contributed by atoms with Gasteiger partial charge in [-0.25, -0.2) is 19.0 Å². The lowest BCUT2D eigenvalue weighted by Crippen LogP contribution is -2.49. The Morgan fingerprint density at radius 3 is 2.54 bits per heavy atom. The second-order valence-corrected chi connectivity index (χ2v) is 9.90. The minimum atomic E-state index is -0.285. The molecule has 0 bridgehead atoms. The summed E-state index contributed by atoms with van der Waals surface area (Å²) in [5.41, 5.74) is 2.33. The van der Waals surface area contributed by atoms with Gasteiger partial charge in [0.15, 0.2) is 5.65 Å². The molecule has 0 radical (unpaired) electrons. The normalized spacial score (nSPS) is 14.1. The van der Waals surface area contributed by atoms with E-state index in [4.69, 9.17) is 15.1 Å². The number of nitrogens with zero attached hydrogens (tertiary/aromatic N) is 6. The van der Waals surface area contributed by atoms with E-state index in [1.807, 2.05) is 29.3 Å². The number of unbranched alkanes of at least 4 members (excludes halogenated alkanes) is 1. The predicted molar refractivity (Wildman–Crippen MR) is 137 cm³/mol. The number of fused-ring (bicyclic) bond motifs is 1. The Morgan fingerprint density at radius 1 is 1.09 bits per heavy atom. The van der Waals surface area contributed by atoms with Crippen LogP contribution in [-0.2, 0) is 17.6 Å². The van der Waals surface area contributed by atoms with Gasteiger partial charge in [0.2, 0.25) is 5.91 Å². The molecule has 4 aromatic rings. The summed E-state index contributed by atoms with van der Waals surface area (Å²) in [6.07, 6.45) is 3.30. The van der Waals surface area contributed by atoms with E-state index in [1.54, 1.807) is 28.2 Å². The Balaban J connectivity index is 1.45. The average molecular weight is 493 g/mol. The molecule has 0 saturated carbocycles. The first kappa shape index (κ1) is 23.4. The average Bonchev–Trinajstić information content (AvgIpc) is 3.50. The van der Waals surface area contributed by atoms with Crippen molar-refractivity contribution in [2.75, 3.05) is 31.1 Å². The quantitative estimate of drug-likeness (QED) is 0.378. The van der Waals surface area contributed by atoms with Gasteiger partial charge in [-0.05, 0) is 49.1 Å². The lowest BCUT2D eigenvalue weighted by molar-refractivity contribution is -0.130. The molecule has 35 heavy (non-hydrogen) atoms. The van der Waals surface area contributed by atoms with Crippen molar-refractivity contribution in [1.29, 1.82) is 0 Å². The van der Waals surface area contributed by atoms with Crippen LogP contribution in [0.5, 0.6) is 0 Å². The van der Waals surface area contributed by atoms with E-state index >= 15 is 0 Å². The molecule has 0 unspecified atom stereocenters. The first-order chi connectivity index (χ1) is 17.0. The van der Waals surface area contributed by atoms with Gasteiger partial charge in [-0.3, -0.25) is 4.79 Å². The zero-order valence-corrected chi connectivity index (χ0v) is 20.9. The van der Waals surface area contributed by atoms with E-state index in [9.17, 15) is 9.18 Å². The number of carbonyl (C=O) groups excluding carboxylic acids is 1. The molecule has 1 saturated heterocycles. The Labute approximate surface area is 208 Å². The van der Waals surface area contributed by atoms with Crippen LogP contribution >= 0.6 is 11.3 Å². The molecule has 0 spiro atoms. The number of carbonyl (C=O) groups is 1. The summed E-state index contributed by atoms with van der Waals surface area (Å²) in [5, 5.41) is 7.67. The van der Waals surface area contributed by atoms with Crippen LogP contribution in [0.4, 0.5) is 10.2 Å². The number of piperazine rings is 1. The molecule has 3 aromatic heterocycles. The van der Waals surface area contributed by atoms with Crippen molar-refractivity contribution < 1.29 is 9.18 Å². The molecule has 1 aromatic carbocycles. The molecular weight excluding hydrogens is 463 g/mol. The first-order valence-corrected chi connectivity index (χ1v) is 13.0. The zero-order valence-electron chi connectivity index (χ0n) is 20.1. The van der Waals surface area contributed by atoms with Crippen molar-refractivity contribution in [3.8, 4) is 5.69 Å². The van der Waals surface area contributed by atoms with Crippen LogP contribution in [0.2, 0.25) is 0 Å². The maximum absolute atomic E-state index is 13.5. The molecule has 1 fully saturated rings. The third kappa shape index (κ3) is 4.91. The van der Waals surface area contributed by atoms with Crippen molar-refractivity contribution in [3.05, 3.63) is 64.0 Å². The summed E-state index contributed by atoms with van der Waals surface area (Å²) in [4.78, 5) is 27.9. The van der Waals surface area contributed by atoms with Crippen LogP contribution in [0.15, 0.2) is 41.8 Å². The number of thiophene rings is 1. The fraction of sp³-hybridized carbons (Fsp3) is 0.385. The van der Waals surface area contributed by atoms with E-state index in [0.717, 1.165) is 58.2 Å². The van der Waals surface area contributed by atoms with Gasteiger partial charge in [0, 0.05) is 37.5 Å². The molecule has 7 nitrogen and oxygen atoms in total. The maximum atomic E-state index is 13.5. The number of halogens is 1. The number of anilines is 1. The molecule has 0 N–H and O–H groups in total. The second kappa shape index (κ2) is 10.1. The number of amides is 1. The highest BCUT2D eigenvalue weighted by atomic mass is 32.1. The van der Waals surface area contributed by atoms with Crippen LogP contribution < -0.4 is 4.90 Å². The third-order valence-electron chi connectivity index (χ3n) is 6.39. The van der Waals surface area contributed by atoms with Crippen LogP contribution in [-0.4, -0.2) is 56.7 Å². The number of rotatable bonds is 7. The van der Waals surface area contributed by atoms with Gasteiger partial charge in [-0.1, -0.05) is 19.4 Å². The fourth-order valence-electron chi connectivity index (χ4n) is 4.49. The third-order valence-corrected chi connectivity index (χ3v) is 7.27. The number of hydrogen-bond acceptors (Lipinski definition) is 6. The standard InChI is InChI=1S/C26H29FN6OS/c1-3-4-7-22-28-25(32-14-12-31(13-15-32)23(34)17-21-6-5-16-35-21)24-18(2)30-33(26(24)29-22)20-10-8-19(27)9-11-20/h5-6,8-11,16H,3-4,7,12-15,17H2,1-2H3. The second-order valence-electron chi connectivity index (χ2n) is 8.86. The minimum Gasteiger partial charge on any atom is -0.352 e. The molecule has 182 valence electrons. The lowest BCUT2D eigenvalue weighted by atomic mass is 10.2. The highest BCUT2D eigenvalue weighted by Crippen LogP contribution is 2.30. The van der Waals surface area contributed by atoms with Crippen molar-refractivity contribution in [2.45, 2.75) is 39.5 Å². The topological polar surface area (TPSA) is 67.2 Å². The Bertz CT molecular complexity index is 1310.